The van der Waals surface area contributed by atoms with Crippen molar-refractivity contribution < 1.29 is 9.32 Å². The molecule has 0 saturated carbocycles. The van der Waals surface area contributed by atoms with Crippen molar-refractivity contribution in [2.24, 2.45) is 5.92 Å². The molecule has 2 aromatic rings. The molecule has 0 aromatic carbocycles. The van der Waals surface area contributed by atoms with Crippen molar-refractivity contribution in [1.29, 1.82) is 0 Å². The summed E-state index contributed by atoms with van der Waals surface area (Å²) in [4.78, 5) is 23.4. The van der Waals surface area contributed by atoms with Gasteiger partial charge in [-0.3, -0.25) is 9.78 Å². The lowest BCUT2D eigenvalue weighted by atomic mass is 10.0. The van der Waals surface area contributed by atoms with Crippen LogP contribution < -0.4 is 0 Å². The van der Waals surface area contributed by atoms with Gasteiger partial charge < -0.3 is 9.42 Å². The van der Waals surface area contributed by atoms with E-state index in [1.807, 2.05) is 18.2 Å². The predicted molar refractivity (Wildman–Crippen MR) is 94.7 cm³/mol. The van der Waals surface area contributed by atoms with E-state index in [0.717, 1.165) is 38.6 Å². The molecule has 1 fully saturated rings. The zero-order valence-electron chi connectivity index (χ0n) is 15.0. The van der Waals surface area contributed by atoms with Crippen molar-refractivity contribution in [3.05, 3.63) is 30.2 Å². The Bertz CT molecular complexity index is 682. The Morgan fingerprint density at radius 1 is 1.36 bits per heavy atom. The predicted octanol–water partition coefficient (Wildman–Crippen LogP) is 3.49. The Labute approximate surface area is 148 Å². The van der Waals surface area contributed by atoms with Gasteiger partial charge in [-0.05, 0) is 44.2 Å². The molecule has 0 aliphatic carbocycles. The number of aromatic nitrogens is 3. The van der Waals surface area contributed by atoms with Gasteiger partial charge in [0.05, 0.1) is 0 Å². The van der Waals surface area contributed by atoms with Crippen LogP contribution in [0.4, 0.5) is 0 Å². The lowest BCUT2D eigenvalue weighted by Gasteiger charge is -2.28. The maximum Gasteiger partial charge on any atom is 0.276 e. The van der Waals surface area contributed by atoms with Crippen molar-refractivity contribution in [3.8, 4) is 11.6 Å². The van der Waals surface area contributed by atoms with Crippen LogP contribution in [-0.4, -0.2) is 38.5 Å². The molecule has 134 valence electrons. The highest BCUT2D eigenvalue weighted by Gasteiger charge is 2.31. The highest BCUT2D eigenvalue weighted by molar-refractivity contribution is 5.79. The van der Waals surface area contributed by atoms with Crippen LogP contribution in [0.5, 0.6) is 0 Å². The maximum absolute atomic E-state index is 12.7. The fourth-order valence-electron chi connectivity index (χ4n) is 3.54. The topological polar surface area (TPSA) is 72.1 Å². The Kier molecular flexibility index (Phi) is 5.79. The average molecular weight is 342 g/mol. The Hall–Kier alpha value is -2.24. The quantitative estimate of drug-likeness (QED) is 0.770. The highest BCUT2D eigenvalue weighted by Crippen LogP contribution is 2.25. The number of aryl methyl sites for hydroxylation is 1. The summed E-state index contributed by atoms with van der Waals surface area (Å²) in [5, 5.41) is 4.06. The number of nitrogens with zero attached hydrogens (tertiary/aromatic N) is 4. The number of carbonyl (C=O) groups is 1. The fourth-order valence-corrected chi connectivity index (χ4v) is 3.54. The molecule has 1 amide bonds. The maximum atomic E-state index is 12.7. The molecule has 0 spiro atoms. The van der Waals surface area contributed by atoms with E-state index in [0.29, 0.717) is 35.8 Å². The van der Waals surface area contributed by atoms with E-state index in [-0.39, 0.29) is 5.92 Å². The summed E-state index contributed by atoms with van der Waals surface area (Å²) in [7, 11) is 0. The first-order valence-electron chi connectivity index (χ1n) is 9.27. The zero-order valence-corrected chi connectivity index (χ0v) is 15.0. The molecule has 0 bridgehead atoms. The second kappa shape index (κ2) is 8.23. The van der Waals surface area contributed by atoms with Crippen molar-refractivity contribution >= 4 is 5.91 Å². The van der Waals surface area contributed by atoms with E-state index in [2.05, 4.69) is 33.9 Å². The lowest BCUT2D eigenvalue weighted by molar-refractivity contribution is -0.136. The summed E-state index contributed by atoms with van der Waals surface area (Å²) in [6.45, 7) is 5.07. The van der Waals surface area contributed by atoms with E-state index in [1.54, 1.807) is 6.20 Å². The van der Waals surface area contributed by atoms with Crippen LogP contribution >= 0.6 is 0 Å². The van der Waals surface area contributed by atoms with Crippen LogP contribution in [-0.2, 0) is 11.2 Å². The first-order chi connectivity index (χ1) is 12.2. The van der Waals surface area contributed by atoms with Gasteiger partial charge in [-0.2, -0.15) is 4.98 Å². The average Bonchev–Trinajstić information content (AvgIpc) is 3.31. The SMILES string of the molecule is CCC(CC)C(=O)N1CCCC1CCc1noc(-c2ccccn2)n1. The zero-order chi connectivity index (χ0) is 17.6. The Morgan fingerprint density at radius 2 is 2.20 bits per heavy atom. The van der Waals surface area contributed by atoms with E-state index in [1.165, 1.54) is 0 Å². The molecule has 3 heterocycles. The standard InChI is InChI=1S/C19H26N4O2/c1-3-14(4-2)19(24)23-13-7-8-15(23)10-11-17-21-18(25-22-17)16-9-5-6-12-20-16/h5-6,9,12,14-15H,3-4,7-8,10-11,13H2,1-2H3. The fraction of sp³-hybridized carbons (Fsp3) is 0.579. The van der Waals surface area contributed by atoms with Crippen LogP contribution in [0.3, 0.4) is 0 Å². The third-order valence-electron chi connectivity index (χ3n) is 5.05. The first kappa shape index (κ1) is 17.6. The molecule has 2 aromatic heterocycles. The molecule has 0 N–H and O–H groups in total. The Morgan fingerprint density at radius 3 is 2.92 bits per heavy atom. The van der Waals surface area contributed by atoms with Gasteiger partial charge in [0.15, 0.2) is 5.82 Å². The number of likely N-dealkylation sites (tertiary alicyclic amines) is 1. The molecule has 1 aliphatic heterocycles. The molecule has 0 radical (unpaired) electrons. The minimum absolute atomic E-state index is 0.154. The minimum atomic E-state index is 0.154. The van der Waals surface area contributed by atoms with Crippen LogP contribution in [0.15, 0.2) is 28.9 Å². The molecular formula is C19H26N4O2. The molecule has 3 rings (SSSR count). The van der Waals surface area contributed by atoms with Gasteiger partial charge >= 0.3 is 0 Å². The monoisotopic (exact) mass is 342 g/mol. The van der Waals surface area contributed by atoms with E-state index >= 15 is 0 Å². The number of amides is 1. The summed E-state index contributed by atoms with van der Waals surface area (Å²) in [5.41, 5.74) is 0.688. The van der Waals surface area contributed by atoms with Crippen molar-refractivity contribution in [2.75, 3.05) is 6.54 Å². The van der Waals surface area contributed by atoms with Gasteiger partial charge in [0, 0.05) is 31.1 Å². The second-order valence-corrected chi connectivity index (χ2v) is 6.61. The molecule has 25 heavy (non-hydrogen) atoms. The largest absolute Gasteiger partial charge is 0.339 e. The van der Waals surface area contributed by atoms with Crippen molar-refractivity contribution in [1.82, 2.24) is 20.0 Å². The molecule has 6 heteroatoms. The molecule has 6 nitrogen and oxygen atoms in total. The number of hydrogen-bond donors (Lipinski definition) is 0. The van der Waals surface area contributed by atoms with Crippen molar-refractivity contribution in [3.63, 3.8) is 0 Å². The van der Waals surface area contributed by atoms with Gasteiger partial charge in [-0.25, -0.2) is 0 Å². The van der Waals surface area contributed by atoms with E-state index in [4.69, 9.17) is 4.52 Å². The first-order valence-corrected chi connectivity index (χ1v) is 9.27. The summed E-state index contributed by atoms with van der Waals surface area (Å²) in [6.07, 6.45) is 7.28. The number of hydrogen-bond acceptors (Lipinski definition) is 5. The van der Waals surface area contributed by atoms with Crippen LogP contribution in [0, 0.1) is 5.92 Å². The smallest absolute Gasteiger partial charge is 0.276 e. The highest BCUT2D eigenvalue weighted by atomic mass is 16.5. The van der Waals surface area contributed by atoms with Crippen LogP contribution in [0.25, 0.3) is 11.6 Å². The molecule has 1 unspecified atom stereocenters. The van der Waals surface area contributed by atoms with Gasteiger partial charge in [0.1, 0.15) is 5.69 Å². The van der Waals surface area contributed by atoms with Gasteiger partial charge in [-0.15, -0.1) is 0 Å². The van der Waals surface area contributed by atoms with Crippen molar-refractivity contribution in [2.45, 2.75) is 58.4 Å². The second-order valence-electron chi connectivity index (χ2n) is 6.61. The van der Waals surface area contributed by atoms with Gasteiger partial charge in [0.25, 0.3) is 5.89 Å². The number of rotatable bonds is 7. The molecule has 1 aliphatic rings. The summed E-state index contributed by atoms with van der Waals surface area (Å²) in [5.74, 6) is 1.60. The third kappa shape index (κ3) is 4.06. The molecular weight excluding hydrogens is 316 g/mol. The third-order valence-corrected chi connectivity index (χ3v) is 5.05. The molecule has 1 atom stereocenters. The van der Waals surface area contributed by atoms with Gasteiger partial charge in [0.2, 0.25) is 5.91 Å². The van der Waals surface area contributed by atoms with E-state index in [9.17, 15) is 4.79 Å². The number of pyridine rings is 1. The summed E-state index contributed by atoms with van der Waals surface area (Å²) in [6, 6.07) is 5.90. The normalized spacial score (nSPS) is 17.4. The van der Waals surface area contributed by atoms with Gasteiger partial charge in [-0.1, -0.05) is 25.1 Å². The molecule has 1 saturated heterocycles. The van der Waals surface area contributed by atoms with E-state index < -0.39 is 0 Å². The van der Waals surface area contributed by atoms with Crippen LogP contribution in [0.1, 0.15) is 51.8 Å². The lowest BCUT2D eigenvalue weighted by Crippen LogP contribution is -2.39. The summed E-state index contributed by atoms with van der Waals surface area (Å²) >= 11 is 0. The van der Waals surface area contributed by atoms with Crippen LogP contribution in [0.2, 0.25) is 0 Å². The summed E-state index contributed by atoms with van der Waals surface area (Å²) < 4.78 is 5.31. The number of carbonyl (C=O) groups excluding carboxylic acids is 1. The minimum Gasteiger partial charge on any atom is -0.339 e. The Balaban J connectivity index is 1.59.